The van der Waals surface area contributed by atoms with E-state index < -0.39 is 25.1 Å². The fourth-order valence-electron chi connectivity index (χ4n) is 3.93. The number of hydrogen-bond donors (Lipinski definition) is 1. The highest BCUT2D eigenvalue weighted by Crippen LogP contribution is 2.32. The molecular weight excluding hydrogens is 312 g/mol. The Labute approximate surface area is 127 Å². The van der Waals surface area contributed by atoms with Gasteiger partial charge in [0.25, 0.3) is 0 Å². The predicted molar refractivity (Wildman–Crippen MR) is 81.3 cm³/mol. The van der Waals surface area contributed by atoms with Crippen LogP contribution in [0, 0.1) is 0 Å². The molecule has 0 spiro atoms. The summed E-state index contributed by atoms with van der Waals surface area (Å²) in [6.07, 6.45) is 4.50. The van der Waals surface area contributed by atoms with Crippen LogP contribution in [0.2, 0.25) is 0 Å². The van der Waals surface area contributed by atoms with Crippen LogP contribution in [0.25, 0.3) is 0 Å². The highest BCUT2D eigenvalue weighted by molar-refractivity contribution is 7.92. The molecule has 2 bridgehead atoms. The zero-order valence-electron chi connectivity index (χ0n) is 12.4. The van der Waals surface area contributed by atoms with Gasteiger partial charge < -0.3 is 5.32 Å². The smallest absolute Gasteiger partial charge is 0.217 e. The second-order valence-corrected chi connectivity index (χ2v) is 11.3. The third kappa shape index (κ3) is 3.13. The summed E-state index contributed by atoms with van der Waals surface area (Å²) in [6, 6.07) is 0.948. The molecule has 3 aliphatic rings. The van der Waals surface area contributed by atoms with E-state index in [-0.39, 0.29) is 30.4 Å². The van der Waals surface area contributed by atoms with Gasteiger partial charge in [0.1, 0.15) is 9.84 Å². The third-order valence-electron chi connectivity index (χ3n) is 5.29. The van der Waals surface area contributed by atoms with Crippen molar-refractivity contribution in [3.63, 3.8) is 0 Å². The molecule has 0 aromatic rings. The summed E-state index contributed by atoms with van der Waals surface area (Å²) in [5, 5.41) is 2.99. The summed E-state index contributed by atoms with van der Waals surface area (Å²) in [7, 11) is -4.74. The molecule has 2 atom stereocenters. The fourth-order valence-corrected chi connectivity index (χ4v) is 7.61. The molecule has 3 aliphatic heterocycles. The minimum atomic E-state index is -3.39. The van der Waals surface area contributed by atoms with Crippen molar-refractivity contribution in [1.29, 1.82) is 0 Å². The molecule has 0 aromatic heterocycles. The highest BCUT2D eigenvalue weighted by atomic mass is 32.2. The van der Waals surface area contributed by atoms with Gasteiger partial charge in [-0.15, -0.1) is 0 Å². The summed E-state index contributed by atoms with van der Waals surface area (Å²) in [4.78, 5) is 0. The number of nitrogens with zero attached hydrogens (tertiary/aromatic N) is 1. The Kier molecular flexibility index (Phi) is 4.09. The summed E-state index contributed by atoms with van der Waals surface area (Å²) < 4.78 is 50.0. The molecule has 122 valence electrons. The van der Waals surface area contributed by atoms with Gasteiger partial charge in [0.2, 0.25) is 10.0 Å². The van der Waals surface area contributed by atoms with Gasteiger partial charge in [-0.2, -0.15) is 0 Å². The second-order valence-electron chi connectivity index (χ2n) is 6.68. The molecule has 6 nitrogen and oxygen atoms in total. The van der Waals surface area contributed by atoms with Gasteiger partial charge in [0.15, 0.2) is 0 Å². The van der Waals surface area contributed by atoms with Gasteiger partial charge in [-0.1, -0.05) is 0 Å². The first-order valence-corrected chi connectivity index (χ1v) is 11.0. The van der Waals surface area contributed by atoms with Crippen molar-refractivity contribution in [2.24, 2.45) is 0 Å². The monoisotopic (exact) mass is 336 g/mol. The Morgan fingerprint density at radius 2 is 1.52 bits per heavy atom. The van der Waals surface area contributed by atoms with E-state index in [1.807, 2.05) is 0 Å². The van der Waals surface area contributed by atoms with Gasteiger partial charge >= 0.3 is 0 Å². The van der Waals surface area contributed by atoms with Crippen LogP contribution in [0.15, 0.2) is 0 Å². The Morgan fingerprint density at radius 3 is 2.05 bits per heavy atom. The summed E-state index contributed by atoms with van der Waals surface area (Å²) in [6.45, 7) is 0. The Hall–Kier alpha value is -0.180. The van der Waals surface area contributed by atoms with Crippen LogP contribution in [-0.2, 0) is 19.9 Å². The number of fused-ring (bicyclic) bond motifs is 2. The molecule has 3 rings (SSSR count). The van der Waals surface area contributed by atoms with E-state index in [1.54, 1.807) is 11.4 Å². The average molecular weight is 336 g/mol. The first-order chi connectivity index (χ1) is 9.78. The van der Waals surface area contributed by atoms with E-state index in [0.717, 1.165) is 25.7 Å². The molecular formula is C13H24N2O4S2. The first kappa shape index (κ1) is 15.7. The molecule has 0 aliphatic carbocycles. The lowest BCUT2D eigenvalue weighted by molar-refractivity contribution is 0.249. The maximum Gasteiger partial charge on any atom is 0.217 e. The zero-order valence-corrected chi connectivity index (χ0v) is 14.0. The molecule has 1 N–H and O–H groups in total. The molecule has 3 fully saturated rings. The molecule has 21 heavy (non-hydrogen) atoms. The zero-order chi connectivity index (χ0) is 15.3. The van der Waals surface area contributed by atoms with Gasteiger partial charge in [-0.05, 0) is 38.5 Å². The molecule has 0 amide bonds. The van der Waals surface area contributed by atoms with Crippen molar-refractivity contribution in [2.75, 3.05) is 18.6 Å². The molecule has 2 unspecified atom stereocenters. The number of piperidine rings is 1. The molecule has 3 heterocycles. The topological polar surface area (TPSA) is 83.6 Å². The van der Waals surface area contributed by atoms with E-state index in [4.69, 9.17) is 0 Å². The number of sulfone groups is 1. The molecule has 3 saturated heterocycles. The predicted octanol–water partition coefficient (Wildman–Crippen LogP) is 0.108. The third-order valence-corrected chi connectivity index (χ3v) is 9.42. The molecule has 8 heteroatoms. The molecule has 0 aromatic carbocycles. The lowest BCUT2D eigenvalue weighted by atomic mass is 10.0. The van der Waals surface area contributed by atoms with E-state index in [1.165, 1.54) is 0 Å². The van der Waals surface area contributed by atoms with Gasteiger partial charge in [0.05, 0.1) is 16.8 Å². The van der Waals surface area contributed by atoms with Crippen LogP contribution in [-0.4, -0.2) is 63.1 Å². The van der Waals surface area contributed by atoms with Crippen molar-refractivity contribution in [1.82, 2.24) is 9.62 Å². The van der Waals surface area contributed by atoms with E-state index in [9.17, 15) is 16.8 Å². The minimum Gasteiger partial charge on any atom is -0.311 e. The van der Waals surface area contributed by atoms with E-state index >= 15 is 0 Å². The number of hydrogen-bond acceptors (Lipinski definition) is 5. The first-order valence-electron chi connectivity index (χ1n) is 7.71. The van der Waals surface area contributed by atoms with Crippen LogP contribution in [0.1, 0.15) is 38.5 Å². The van der Waals surface area contributed by atoms with Crippen LogP contribution < -0.4 is 5.32 Å². The maximum absolute atomic E-state index is 12.7. The van der Waals surface area contributed by atoms with Crippen LogP contribution in [0.3, 0.4) is 0 Å². The Balaban J connectivity index is 1.70. The quantitative estimate of drug-likeness (QED) is 0.791. The average Bonchev–Trinajstić information content (AvgIpc) is 2.76. The van der Waals surface area contributed by atoms with Crippen molar-refractivity contribution in [3.05, 3.63) is 0 Å². The summed E-state index contributed by atoms with van der Waals surface area (Å²) in [5.74, 6) is 0.00438. The molecule has 0 radical (unpaired) electrons. The highest BCUT2D eigenvalue weighted by Gasteiger charge is 2.42. The van der Waals surface area contributed by atoms with Crippen molar-refractivity contribution >= 4 is 19.9 Å². The van der Waals surface area contributed by atoms with Gasteiger partial charge in [-0.25, -0.2) is 21.1 Å². The second kappa shape index (κ2) is 5.47. The maximum atomic E-state index is 12.7. The molecule has 0 saturated carbocycles. The lowest BCUT2D eigenvalue weighted by Gasteiger charge is -2.37. The Bertz CT molecular complexity index is 576. The van der Waals surface area contributed by atoms with Crippen LogP contribution >= 0.6 is 0 Å². The largest absolute Gasteiger partial charge is 0.311 e. The SMILES string of the molecule is CN(C1CC2CCC(C1)N2)S(=O)(=O)C1CCS(=O)(=O)CC1. The summed E-state index contributed by atoms with van der Waals surface area (Å²) in [5.41, 5.74) is 0. The number of sulfonamides is 1. The van der Waals surface area contributed by atoms with E-state index in [2.05, 4.69) is 5.32 Å². The van der Waals surface area contributed by atoms with Crippen molar-refractivity contribution < 1.29 is 16.8 Å². The number of rotatable bonds is 3. The van der Waals surface area contributed by atoms with Gasteiger partial charge in [-0.3, -0.25) is 0 Å². The van der Waals surface area contributed by atoms with Crippen LogP contribution in [0.5, 0.6) is 0 Å². The van der Waals surface area contributed by atoms with Crippen LogP contribution in [0.4, 0.5) is 0 Å². The summed E-state index contributed by atoms with van der Waals surface area (Å²) >= 11 is 0. The van der Waals surface area contributed by atoms with E-state index in [0.29, 0.717) is 12.1 Å². The normalized spacial score (nSPS) is 37.0. The fraction of sp³-hybridized carbons (Fsp3) is 1.00. The number of nitrogens with one attached hydrogen (secondary N) is 1. The lowest BCUT2D eigenvalue weighted by Crippen LogP contribution is -2.51. The van der Waals surface area contributed by atoms with Crippen molar-refractivity contribution in [2.45, 2.75) is 61.9 Å². The standard InChI is InChI=1S/C13H24N2O4S2/c1-15(12-8-10-2-3-11(9-12)14-10)21(18,19)13-4-6-20(16,17)7-5-13/h10-14H,2-9H2,1H3. The minimum absolute atomic E-state index is 0.00219. The van der Waals surface area contributed by atoms with Crippen molar-refractivity contribution in [3.8, 4) is 0 Å². The van der Waals surface area contributed by atoms with Gasteiger partial charge in [0, 0.05) is 25.2 Å². The Morgan fingerprint density at radius 1 is 1.00 bits per heavy atom.